The third-order valence-corrected chi connectivity index (χ3v) is 18.5. The number of nitrogens with zero attached hydrogens (tertiary/aromatic N) is 2. The van der Waals surface area contributed by atoms with Gasteiger partial charge in [-0.15, -0.1) is 0 Å². The first-order valence-corrected chi connectivity index (χ1v) is 29.3. The third kappa shape index (κ3) is 7.46. The molecular formula is C80H60N2O2. The molecule has 16 rings (SSSR count). The third-order valence-electron chi connectivity index (χ3n) is 18.5. The highest BCUT2D eigenvalue weighted by atomic mass is 16.3. The molecule has 402 valence electrons. The fraction of sp³-hybridized carbons (Fsp3) is 0.100. The minimum absolute atomic E-state index is 0.140. The van der Waals surface area contributed by atoms with Crippen LogP contribution in [-0.2, 0) is 10.8 Å². The van der Waals surface area contributed by atoms with Crippen LogP contribution in [0.25, 0.3) is 99.5 Å². The molecule has 0 spiro atoms. The number of hydrogen-bond donors (Lipinski definition) is 0. The van der Waals surface area contributed by atoms with Crippen LogP contribution in [0, 0.1) is 13.8 Å². The van der Waals surface area contributed by atoms with E-state index in [0.717, 1.165) is 111 Å². The molecule has 2 aliphatic rings. The summed E-state index contributed by atoms with van der Waals surface area (Å²) in [4.78, 5) is 4.85. The average Bonchev–Trinajstić information content (AvgIpc) is 4.02. The number of fused-ring (bicyclic) bond motifs is 12. The molecule has 84 heavy (non-hydrogen) atoms. The summed E-state index contributed by atoms with van der Waals surface area (Å²) in [5.74, 6) is 0. The van der Waals surface area contributed by atoms with E-state index in [9.17, 15) is 0 Å². The predicted octanol–water partition coefficient (Wildman–Crippen LogP) is 22.7. The maximum Gasteiger partial charge on any atom is 0.159 e. The highest BCUT2D eigenvalue weighted by Crippen LogP contribution is 2.54. The van der Waals surface area contributed by atoms with Gasteiger partial charge >= 0.3 is 0 Å². The largest absolute Gasteiger partial charge is 0.454 e. The summed E-state index contributed by atoms with van der Waals surface area (Å²) >= 11 is 0. The van der Waals surface area contributed by atoms with Gasteiger partial charge in [-0.3, -0.25) is 0 Å². The van der Waals surface area contributed by atoms with E-state index in [-0.39, 0.29) is 10.8 Å². The van der Waals surface area contributed by atoms with Crippen molar-refractivity contribution in [3.8, 4) is 55.6 Å². The van der Waals surface area contributed by atoms with Gasteiger partial charge in [-0.2, -0.15) is 0 Å². The molecule has 12 aromatic carbocycles. The van der Waals surface area contributed by atoms with Crippen LogP contribution in [0.15, 0.2) is 264 Å². The molecule has 0 aliphatic heterocycles. The van der Waals surface area contributed by atoms with E-state index in [1.165, 1.54) is 55.6 Å². The van der Waals surface area contributed by atoms with Crippen molar-refractivity contribution in [3.63, 3.8) is 0 Å². The number of rotatable bonds is 9. The van der Waals surface area contributed by atoms with E-state index in [2.05, 4.69) is 306 Å². The Morgan fingerprint density at radius 2 is 0.607 bits per heavy atom. The molecule has 0 saturated heterocycles. The predicted molar refractivity (Wildman–Crippen MR) is 351 cm³/mol. The molecule has 0 bridgehead atoms. The summed E-state index contributed by atoms with van der Waals surface area (Å²) < 4.78 is 13.7. The van der Waals surface area contributed by atoms with Crippen molar-refractivity contribution in [2.45, 2.75) is 52.4 Å². The van der Waals surface area contributed by atoms with E-state index in [1.807, 2.05) is 0 Å². The number of hydrogen-bond acceptors (Lipinski definition) is 4. The SMILES string of the molecule is Cc1cc(-c2ccc(N(c3ccccc3-c3ccc4c(c3)C(C)(C)c3ccccc3-4)c3cccc4c3oc3ccccc34)c(C)c2)ccc1N(c1ccccc1-c1ccc2c(c1)C(C)(C)c1ccccc1-2)c1cccc2c1oc1ccccc12. The van der Waals surface area contributed by atoms with Gasteiger partial charge in [0.2, 0.25) is 0 Å². The lowest BCUT2D eigenvalue weighted by atomic mass is 9.81. The summed E-state index contributed by atoms with van der Waals surface area (Å²) in [6.45, 7) is 13.9. The lowest BCUT2D eigenvalue weighted by Gasteiger charge is -2.30. The first-order chi connectivity index (χ1) is 41.0. The van der Waals surface area contributed by atoms with Crippen LogP contribution < -0.4 is 9.80 Å². The van der Waals surface area contributed by atoms with Gasteiger partial charge in [0.15, 0.2) is 11.2 Å². The van der Waals surface area contributed by atoms with Crippen LogP contribution in [0.5, 0.6) is 0 Å². The molecule has 2 aromatic heterocycles. The molecule has 0 radical (unpaired) electrons. The minimum atomic E-state index is -0.140. The summed E-state index contributed by atoms with van der Waals surface area (Å²) in [7, 11) is 0. The normalized spacial score (nSPS) is 13.5. The summed E-state index contributed by atoms with van der Waals surface area (Å²) in [5, 5.41) is 4.37. The molecule has 4 nitrogen and oxygen atoms in total. The standard InChI is InChI=1S/C80H60N2O2/c1-49-45-51(39-43-69(49)81(73-33-19-27-63-61-25-11-17-35-75(61)83-77(63)73)71-31-15-9-21-55(71)53-37-41-59-57-23-7-13-29-65(57)79(3,4)67(59)47-53)52-40-44-70(50(2)46-52)82(74-34-20-28-64-62-26-12-18-36-76(62)84-78(64)74)72-32-16-10-22-56(72)54-38-42-60-58-24-8-14-30-66(58)80(5,6)68(60)48-54/h7-48H,1-6H3. The van der Waals surface area contributed by atoms with E-state index in [0.29, 0.717) is 0 Å². The van der Waals surface area contributed by atoms with Crippen molar-refractivity contribution >= 4 is 78.0 Å². The van der Waals surface area contributed by atoms with Crippen LogP contribution in [0.2, 0.25) is 0 Å². The Morgan fingerprint density at radius 1 is 0.262 bits per heavy atom. The first-order valence-electron chi connectivity index (χ1n) is 29.3. The van der Waals surface area contributed by atoms with Gasteiger partial charge in [-0.25, -0.2) is 0 Å². The molecule has 4 heteroatoms. The zero-order valence-corrected chi connectivity index (χ0v) is 48.0. The van der Waals surface area contributed by atoms with Crippen LogP contribution in [0.1, 0.15) is 61.1 Å². The average molecular weight is 1080 g/mol. The number of para-hydroxylation sites is 6. The smallest absolute Gasteiger partial charge is 0.159 e. The molecule has 0 fully saturated rings. The van der Waals surface area contributed by atoms with Gasteiger partial charge < -0.3 is 18.6 Å². The number of aryl methyl sites for hydroxylation is 2. The molecule has 0 amide bonds. The van der Waals surface area contributed by atoms with Crippen molar-refractivity contribution in [1.29, 1.82) is 0 Å². The van der Waals surface area contributed by atoms with Crippen molar-refractivity contribution < 1.29 is 8.83 Å². The Labute approximate surface area is 490 Å². The molecule has 2 heterocycles. The first kappa shape index (κ1) is 49.6. The molecule has 2 aliphatic carbocycles. The number of furan rings is 2. The molecule has 14 aromatic rings. The molecule has 0 unspecified atom stereocenters. The zero-order valence-electron chi connectivity index (χ0n) is 48.0. The molecular weight excluding hydrogens is 1020 g/mol. The topological polar surface area (TPSA) is 32.8 Å². The van der Waals surface area contributed by atoms with E-state index in [1.54, 1.807) is 0 Å². The second kappa shape index (κ2) is 18.7. The Kier molecular flexibility index (Phi) is 11.0. The second-order valence-electron chi connectivity index (χ2n) is 24.1. The highest BCUT2D eigenvalue weighted by molar-refractivity contribution is 6.12. The molecule has 0 N–H and O–H groups in total. The Bertz CT molecular complexity index is 4710. The molecule has 0 atom stereocenters. The Balaban J connectivity index is 0.831. The van der Waals surface area contributed by atoms with E-state index in [4.69, 9.17) is 8.83 Å². The van der Waals surface area contributed by atoms with Crippen molar-refractivity contribution in [2.24, 2.45) is 0 Å². The summed E-state index contributed by atoms with van der Waals surface area (Å²) in [6, 6.07) is 93.3. The number of anilines is 6. The Morgan fingerprint density at radius 3 is 1.05 bits per heavy atom. The van der Waals surface area contributed by atoms with Gasteiger partial charge in [-0.05, 0) is 165 Å². The van der Waals surface area contributed by atoms with E-state index < -0.39 is 0 Å². The lowest BCUT2D eigenvalue weighted by Crippen LogP contribution is -2.15. The second-order valence-corrected chi connectivity index (χ2v) is 24.1. The van der Waals surface area contributed by atoms with Gasteiger partial charge in [0.05, 0.1) is 22.7 Å². The minimum Gasteiger partial charge on any atom is -0.454 e. The lowest BCUT2D eigenvalue weighted by molar-refractivity contribution is 0.660. The monoisotopic (exact) mass is 1080 g/mol. The van der Waals surface area contributed by atoms with E-state index >= 15 is 0 Å². The maximum absolute atomic E-state index is 6.87. The van der Waals surface area contributed by atoms with Crippen LogP contribution >= 0.6 is 0 Å². The van der Waals surface area contributed by atoms with Crippen molar-refractivity contribution in [1.82, 2.24) is 0 Å². The van der Waals surface area contributed by atoms with Crippen LogP contribution in [-0.4, -0.2) is 0 Å². The number of benzene rings is 12. The molecule has 0 saturated carbocycles. The van der Waals surface area contributed by atoms with Gasteiger partial charge in [-0.1, -0.05) is 210 Å². The fourth-order valence-corrected chi connectivity index (χ4v) is 14.3. The highest BCUT2D eigenvalue weighted by Gasteiger charge is 2.37. The van der Waals surface area contributed by atoms with Gasteiger partial charge in [0, 0.05) is 54.9 Å². The van der Waals surface area contributed by atoms with Crippen molar-refractivity contribution in [2.75, 3.05) is 9.80 Å². The quantitative estimate of drug-likeness (QED) is 0.144. The van der Waals surface area contributed by atoms with Gasteiger partial charge in [0.1, 0.15) is 11.2 Å². The summed E-state index contributed by atoms with van der Waals surface area (Å²) in [5.41, 5.74) is 29.3. The Hall–Kier alpha value is -10.2. The van der Waals surface area contributed by atoms with Crippen molar-refractivity contribution in [3.05, 3.63) is 288 Å². The van der Waals surface area contributed by atoms with Crippen LogP contribution in [0.3, 0.4) is 0 Å². The van der Waals surface area contributed by atoms with Gasteiger partial charge in [0.25, 0.3) is 0 Å². The zero-order chi connectivity index (χ0) is 56.6. The fourth-order valence-electron chi connectivity index (χ4n) is 14.3. The maximum atomic E-state index is 6.87. The summed E-state index contributed by atoms with van der Waals surface area (Å²) in [6.07, 6.45) is 0. The van der Waals surface area contributed by atoms with Crippen LogP contribution in [0.4, 0.5) is 34.1 Å².